The van der Waals surface area contributed by atoms with Gasteiger partial charge < -0.3 is 20.3 Å². The molecule has 0 saturated carbocycles. The van der Waals surface area contributed by atoms with Crippen molar-refractivity contribution in [2.75, 3.05) is 13.2 Å². The molecule has 2 radical (unpaired) electrons. The van der Waals surface area contributed by atoms with Gasteiger partial charge in [0, 0.05) is 6.00 Å². The number of hydrogen-bond donors (Lipinski definition) is 2. The summed E-state index contributed by atoms with van der Waals surface area (Å²) in [6, 6.07) is -0.770. The maximum Gasteiger partial charge on any atom is 0.131 e. The van der Waals surface area contributed by atoms with Gasteiger partial charge >= 0.3 is 0 Å². The number of aliphatic hydroxyl groups excluding tert-OH is 1. The van der Waals surface area contributed by atoms with Crippen molar-refractivity contribution in [3.05, 3.63) is 0 Å². The molecule has 2 heterocycles. The molecule has 2 unspecified atom stereocenters. The number of nitrogens with two attached hydrogens (primary N) is 1. The van der Waals surface area contributed by atoms with Gasteiger partial charge in [-0.25, -0.2) is 0 Å². The van der Waals surface area contributed by atoms with Crippen molar-refractivity contribution < 1.29 is 14.6 Å². The first-order chi connectivity index (χ1) is 5.19. The lowest BCUT2D eigenvalue weighted by Crippen LogP contribution is -2.48. The summed E-state index contributed by atoms with van der Waals surface area (Å²) >= 11 is 0. The van der Waals surface area contributed by atoms with E-state index in [9.17, 15) is 0 Å². The Morgan fingerprint density at radius 2 is 2.45 bits per heavy atom. The molecular formula is C6H10BNO3. The molecule has 0 aromatic carbocycles. The minimum Gasteiger partial charge on any atom is -0.393 e. The zero-order chi connectivity index (χ0) is 8.06. The Morgan fingerprint density at radius 3 is 2.73 bits per heavy atom. The van der Waals surface area contributed by atoms with Crippen LogP contribution in [0.1, 0.15) is 0 Å². The second-order valence-electron chi connectivity index (χ2n) is 3.11. The van der Waals surface area contributed by atoms with E-state index in [1.807, 2.05) is 0 Å². The van der Waals surface area contributed by atoms with Crippen LogP contribution in [0.3, 0.4) is 0 Å². The molecule has 0 aromatic heterocycles. The van der Waals surface area contributed by atoms with Crippen molar-refractivity contribution in [3.63, 3.8) is 0 Å². The Bertz CT molecular complexity index is 179. The van der Waals surface area contributed by atoms with E-state index in [4.69, 9.17) is 28.2 Å². The minimum absolute atomic E-state index is 0.127. The maximum absolute atomic E-state index is 8.99. The molecule has 0 amide bonds. The van der Waals surface area contributed by atoms with Gasteiger partial charge in [0.2, 0.25) is 0 Å². The van der Waals surface area contributed by atoms with Crippen LogP contribution in [0, 0.1) is 0 Å². The highest BCUT2D eigenvalue weighted by Gasteiger charge is 2.57. The first-order valence-electron chi connectivity index (χ1n) is 3.61. The fraction of sp³-hybridized carbons (Fsp3) is 1.00. The lowest BCUT2D eigenvalue weighted by Gasteiger charge is -2.27. The average molecular weight is 155 g/mol. The largest absolute Gasteiger partial charge is 0.393 e. The van der Waals surface area contributed by atoms with Crippen LogP contribution in [0.15, 0.2) is 0 Å². The number of fused-ring (bicyclic) bond motifs is 2. The van der Waals surface area contributed by atoms with E-state index in [0.29, 0.717) is 6.61 Å². The lowest BCUT2D eigenvalue weighted by atomic mass is 9.91. The molecule has 3 N–H and O–H groups in total. The Morgan fingerprint density at radius 1 is 1.73 bits per heavy atom. The first-order valence-corrected chi connectivity index (χ1v) is 3.61. The van der Waals surface area contributed by atoms with Crippen molar-refractivity contribution in [2.24, 2.45) is 5.73 Å². The fourth-order valence-electron chi connectivity index (χ4n) is 1.67. The molecule has 0 aromatic rings. The summed E-state index contributed by atoms with van der Waals surface area (Å²) in [6.07, 6.45) is -0.248. The van der Waals surface area contributed by atoms with Gasteiger partial charge in [0.25, 0.3) is 0 Å². The normalized spacial score (nSPS) is 55.3. The van der Waals surface area contributed by atoms with E-state index >= 15 is 0 Å². The van der Waals surface area contributed by atoms with Crippen molar-refractivity contribution in [3.8, 4) is 0 Å². The Balaban J connectivity index is 2.24. The van der Waals surface area contributed by atoms with Crippen LogP contribution in [-0.2, 0) is 9.47 Å². The van der Waals surface area contributed by atoms with E-state index in [1.54, 1.807) is 0 Å². The summed E-state index contributed by atoms with van der Waals surface area (Å²) in [5.41, 5.74) is 5.00. The van der Waals surface area contributed by atoms with Crippen LogP contribution < -0.4 is 5.73 Å². The van der Waals surface area contributed by atoms with E-state index in [-0.39, 0.29) is 18.8 Å². The molecule has 0 aliphatic carbocycles. The van der Waals surface area contributed by atoms with E-state index in [2.05, 4.69) is 0 Å². The third-order valence-electron chi connectivity index (χ3n) is 2.44. The standard InChI is InChI=1S/C6H10BNO3/c7-5-3-4(8)6(1-9,11-5)2-10-3/h3-5,9H,1-2,8H2/t3?,4?,5-,6+/m1/s1. The van der Waals surface area contributed by atoms with E-state index < -0.39 is 11.6 Å². The van der Waals surface area contributed by atoms with Gasteiger partial charge in [-0.15, -0.1) is 0 Å². The van der Waals surface area contributed by atoms with Crippen molar-refractivity contribution in [2.45, 2.75) is 23.8 Å². The summed E-state index contributed by atoms with van der Waals surface area (Å²) in [6.45, 7) is 0.224. The lowest BCUT2D eigenvalue weighted by molar-refractivity contribution is -0.130. The molecular weight excluding hydrogens is 145 g/mol. The number of ether oxygens (including phenoxy) is 2. The first kappa shape index (κ1) is 7.55. The van der Waals surface area contributed by atoms with Crippen LogP contribution in [0.5, 0.6) is 0 Å². The highest BCUT2D eigenvalue weighted by Crippen LogP contribution is 2.36. The molecule has 2 fully saturated rings. The smallest absolute Gasteiger partial charge is 0.131 e. The molecule has 2 rings (SSSR count). The maximum atomic E-state index is 8.99. The minimum atomic E-state index is -0.732. The molecule has 11 heavy (non-hydrogen) atoms. The molecule has 4 atom stereocenters. The predicted molar refractivity (Wildman–Crippen MR) is 38.2 cm³/mol. The Labute approximate surface area is 66.1 Å². The highest BCUT2D eigenvalue weighted by atomic mass is 16.6. The van der Waals surface area contributed by atoms with Crippen LogP contribution in [-0.4, -0.2) is 49.9 Å². The molecule has 5 heteroatoms. The summed E-state index contributed by atoms with van der Waals surface area (Å²) in [7, 11) is 5.53. The highest BCUT2D eigenvalue weighted by molar-refractivity contribution is 6.11. The van der Waals surface area contributed by atoms with Crippen LogP contribution in [0.4, 0.5) is 0 Å². The van der Waals surface area contributed by atoms with Gasteiger partial charge in [-0.05, 0) is 0 Å². The molecule has 2 aliphatic heterocycles. The molecule has 0 spiro atoms. The molecule has 2 bridgehead atoms. The summed E-state index contributed by atoms with van der Waals surface area (Å²) < 4.78 is 10.5. The van der Waals surface area contributed by atoms with Gasteiger partial charge in [0.1, 0.15) is 13.4 Å². The van der Waals surface area contributed by atoms with Gasteiger partial charge in [-0.2, -0.15) is 0 Å². The van der Waals surface area contributed by atoms with Crippen LogP contribution >= 0.6 is 0 Å². The predicted octanol–water partition coefficient (Wildman–Crippen LogP) is -2.03. The fourth-order valence-corrected chi connectivity index (χ4v) is 1.67. The van der Waals surface area contributed by atoms with Crippen molar-refractivity contribution >= 4 is 7.85 Å². The number of hydrogen-bond acceptors (Lipinski definition) is 4. The van der Waals surface area contributed by atoms with Crippen molar-refractivity contribution in [1.29, 1.82) is 0 Å². The number of rotatable bonds is 1. The van der Waals surface area contributed by atoms with Gasteiger partial charge in [-0.3, -0.25) is 0 Å². The van der Waals surface area contributed by atoms with Crippen LogP contribution in [0.2, 0.25) is 0 Å². The Hall–Kier alpha value is -0.0951. The van der Waals surface area contributed by atoms with E-state index in [0.717, 1.165) is 0 Å². The third-order valence-corrected chi connectivity index (χ3v) is 2.44. The van der Waals surface area contributed by atoms with Gasteiger partial charge in [0.15, 0.2) is 0 Å². The third kappa shape index (κ3) is 0.795. The zero-order valence-corrected chi connectivity index (χ0v) is 6.06. The second kappa shape index (κ2) is 2.20. The Kier molecular flexibility index (Phi) is 1.51. The summed E-state index contributed by atoms with van der Waals surface area (Å²) in [5, 5.41) is 8.99. The monoisotopic (exact) mass is 155 g/mol. The van der Waals surface area contributed by atoms with Crippen molar-refractivity contribution in [1.82, 2.24) is 0 Å². The average Bonchev–Trinajstić information content (AvgIpc) is 2.42. The summed E-state index contributed by atoms with van der Waals surface area (Å²) in [5.74, 6) is 0. The second-order valence-corrected chi connectivity index (χ2v) is 3.11. The zero-order valence-electron chi connectivity index (χ0n) is 6.06. The van der Waals surface area contributed by atoms with Crippen LogP contribution in [0.25, 0.3) is 0 Å². The topological polar surface area (TPSA) is 64.7 Å². The van der Waals surface area contributed by atoms with E-state index in [1.165, 1.54) is 0 Å². The molecule has 60 valence electrons. The summed E-state index contributed by atoms with van der Waals surface area (Å²) in [4.78, 5) is 0. The van der Waals surface area contributed by atoms with Gasteiger partial charge in [-0.1, -0.05) is 0 Å². The SMILES string of the molecule is [B][C@@H]1O[C@@]2(CO)COC1C2N. The quantitative estimate of drug-likeness (QED) is 0.428. The molecule has 4 nitrogen and oxygen atoms in total. The number of aliphatic hydroxyl groups is 1. The molecule has 2 aliphatic rings. The molecule has 2 saturated heterocycles. The van der Waals surface area contributed by atoms with Gasteiger partial charge in [0.05, 0.1) is 25.4 Å².